The number of carbonyl (C=O) groups is 1. The lowest BCUT2D eigenvalue weighted by Gasteiger charge is -2.05. The normalized spacial score (nSPS) is 11.4. The van der Waals surface area contributed by atoms with Crippen molar-refractivity contribution < 1.29 is 4.79 Å². The molecule has 1 heterocycles. The number of carbonyl (C=O) groups excluding carboxylic acids is 1. The summed E-state index contributed by atoms with van der Waals surface area (Å²) >= 11 is 0. The van der Waals surface area contributed by atoms with Crippen molar-refractivity contribution in [2.45, 2.75) is 6.92 Å². The Labute approximate surface area is 106 Å². The van der Waals surface area contributed by atoms with Gasteiger partial charge in [-0.1, -0.05) is 24.3 Å². The highest BCUT2D eigenvalue weighted by Gasteiger charge is 2.02. The molecule has 2 aromatic rings. The van der Waals surface area contributed by atoms with E-state index < -0.39 is 0 Å². The molecule has 0 saturated heterocycles. The fourth-order valence-electron chi connectivity index (χ4n) is 1.64. The van der Waals surface area contributed by atoms with Crippen LogP contribution in [0.1, 0.15) is 6.92 Å². The number of hydrogen-bond acceptors (Lipinski definition) is 2. The molecule has 0 bridgehead atoms. The number of pyridine rings is 1. The van der Waals surface area contributed by atoms with Gasteiger partial charge in [0.2, 0.25) is 5.91 Å². The van der Waals surface area contributed by atoms with Crippen LogP contribution >= 0.6 is 0 Å². The number of amides is 1. The maximum Gasteiger partial charge on any atom is 0.248 e. The maximum atomic E-state index is 11.7. The van der Waals surface area contributed by atoms with Gasteiger partial charge in [-0.15, -0.1) is 0 Å². The number of fused-ring (bicyclic) bond motifs is 1. The molecule has 2 rings (SSSR count). The molecular weight excluding hydrogens is 224 g/mol. The van der Waals surface area contributed by atoms with E-state index in [2.05, 4.69) is 10.3 Å². The van der Waals surface area contributed by atoms with Crippen molar-refractivity contribution in [1.82, 2.24) is 4.98 Å². The van der Waals surface area contributed by atoms with Gasteiger partial charge in [-0.25, -0.2) is 0 Å². The predicted molar refractivity (Wildman–Crippen MR) is 74.3 cm³/mol. The summed E-state index contributed by atoms with van der Waals surface area (Å²) in [6, 6.07) is 9.45. The van der Waals surface area contributed by atoms with Gasteiger partial charge in [0.25, 0.3) is 0 Å². The lowest BCUT2D eigenvalue weighted by molar-refractivity contribution is -0.111. The van der Waals surface area contributed by atoms with Crippen LogP contribution in [-0.2, 0) is 4.79 Å². The number of aromatic nitrogens is 1. The van der Waals surface area contributed by atoms with Crippen LogP contribution in [0.25, 0.3) is 10.9 Å². The molecule has 0 fully saturated rings. The van der Waals surface area contributed by atoms with Gasteiger partial charge in [0.1, 0.15) is 0 Å². The number of nitrogens with zero attached hydrogens (tertiary/aromatic N) is 1. The Kier molecular flexibility index (Phi) is 3.86. The zero-order valence-electron chi connectivity index (χ0n) is 10.1. The molecule has 1 aromatic carbocycles. The Balaban J connectivity index is 2.24. The highest BCUT2D eigenvalue weighted by atomic mass is 16.1. The molecule has 0 aliphatic carbocycles. The zero-order valence-corrected chi connectivity index (χ0v) is 10.1. The second-order valence-electron chi connectivity index (χ2n) is 3.75. The molecule has 90 valence electrons. The number of allylic oxidation sites excluding steroid dienone is 3. The fourth-order valence-corrected chi connectivity index (χ4v) is 1.64. The maximum absolute atomic E-state index is 11.7. The third kappa shape index (κ3) is 2.83. The molecule has 1 N–H and O–H groups in total. The molecule has 1 aromatic heterocycles. The first-order chi connectivity index (χ1) is 8.81. The summed E-state index contributed by atoms with van der Waals surface area (Å²) in [5.41, 5.74) is 1.64. The van der Waals surface area contributed by atoms with Gasteiger partial charge in [-0.05, 0) is 31.2 Å². The predicted octanol–water partition coefficient (Wildman–Crippen LogP) is 3.31. The largest absolute Gasteiger partial charge is 0.322 e. The van der Waals surface area contributed by atoms with E-state index in [0.29, 0.717) is 0 Å². The van der Waals surface area contributed by atoms with Crippen molar-refractivity contribution in [3.05, 3.63) is 60.8 Å². The van der Waals surface area contributed by atoms with Gasteiger partial charge in [0.05, 0.1) is 11.2 Å². The van der Waals surface area contributed by atoms with E-state index in [1.54, 1.807) is 12.3 Å². The van der Waals surface area contributed by atoms with E-state index in [1.165, 1.54) is 6.08 Å². The lowest BCUT2D eigenvalue weighted by atomic mass is 10.2. The number of nitrogens with one attached hydrogen (secondary N) is 1. The average Bonchev–Trinajstić information content (AvgIpc) is 2.39. The van der Waals surface area contributed by atoms with Crippen LogP contribution in [0.5, 0.6) is 0 Å². The first-order valence-corrected chi connectivity index (χ1v) is 5.75. The Morgan fingerprint density at radius 3 is 2.94 bits per heavy atom. The van der Waals surface area contributed by atoms with Crippen LogP contribution in [0.4, 0.5) is 5.69 Å². The Bertz CT molecular complexity index is 609. The molecule has 0 aliphatic rings. The minimum Gasteiger partial charge on any atom is -0.322 e. The number of anilines is 1. The highest BCUT2D eigenvalue weighted by Crippen LogP contribution is 2.21. The van der Waals surface area contributed by atoms with Crippen molar-refractivity contribution in [1.29, 1.82) is 0 Å². The van der Waals surface area contributed by atoms with Gasteiger partial charge in [0, 0.05) is 17.7 Å². The van der Waals surface area contributed by atoms with Crippen LogP contribution in [0.15, 0.2) is 60.8 Å². The molecule has 0 spiro atoms. The van der Waals surface area contributed by atoms with Crippen molar-refractivity contribution in [3.8, 4) is 0 Å². The van der Waals surface area contributed by atoms with Crippen molar-refractivity contribution in [2.75, 3.05) is 5.32 Å². The van der Waals surface area contributed by atoms with Crippen molar-refractivity contribution >= 4 is 22.5 Å². The summed E-state index contributed by atoms with van der Waals surface area (Å²) in [7, 11) is 0. The Hall–Kier alpha value is -2.42. The van der Waals surface area contributed by atoms with Crippen LogP contribution in [0.3, 0.4) is 0 Å². The molecule has 0 atom stereocenters. The summed E-state index contributed by atoms with van der Waals surface area (Å²) in [5.74, 6) is -0.149. The molecule has 1 amide bonds. The van der Waals surface area contributed by atoms with Gasteiger partial charge in [0.15, 0.2) is 0 Å². The highest BCUT2D eigenvalue weighted by molar-refractivity contribution is 6.05. The smallest absolute Gasteiger partial charge is 0.248 e. The van der Waals surface area contributed by atoms with E-state index in [-0.39, 0.29) is 5.91 Å². The van der Waals surface area contributed by atoms with E-state index >= 15 is 0 Å². The molecule has 0 radical (unpaired) electrons. The first kappa shape index (κ1) is 12.0. The van der Waals surface area contributed by atoms with E-state index in [1.807, 2.05) is 49.4 Å². The molecule has 18 heavy (non-hydrogen) atoms. The minimum atomic E-state index is -0.149. The molecule has 0 unspecified atom stereocenters. The van der Waals surface area contributed by atoms with E-state index in [9.17, 15) is 4.79 Å². The van der Waals surface area contributed by atoms with Crippen LogP contribution in [-0.4, -0.2) is 10.9 Å². The van der Waals surface area contributed by atoms with E-state index in [0.717, 1.165) is 16.6 Å². The molecular formula is C15H14N2O. The SMILES string of the molecule is C/C=C/C=C\C(=O)Nc1cccc2ncccc12. The van der Waals surface area contributed by atoms with Gasteiger partial charge in [-0.3, -0.25) is 9.78 Å². The zero-order chi connectivity index (χ0) is 12.8. The van der Waals surface area contributed by atoms with Crippen molar-refractivity contribution in [2.24, 2.45) is 0 Å². The fraction of sp³-hybridized carbons (Fsp3) is 0.0667. The summed E-state index contributed by atoms with van der Waals surface area (Å²) in [6.07, 6.45) is 8.61. The summed E-state index contributed by atoms with van der Waals surface area (Å²) < 4.78 is 0. The van der Waals surface area contributed by atoms with Crippen molar-refractivity contribution in [3.63, 3.8) is 0 Å². The third-order valence-electron chi connectivity index (χ3n) is 2.45. The number of benzene rings is 1. The van der Waals surface area contributed by atoms with E-state index in [4.69, 9.17) is 0 Å². The quantitative estimate of drug-likeness (QED) is 0.658. The second kappa shape index (κ2) is 5.77. The molecule has 0 aliphatic heterocycles. The monoisotopic (exact) mass is 238 g/mol. The second-order valence-corrected chi connectivity index (χ2v) is 3.75. The summed E-state index contributed by atoms with van der Waals surface area (Å²) in [4.78, 5) is 15.9. The Morgan fingerprint density at radius 2 is 2.11 bits per heavy atom. The average molecular weight is 238 g/mol. The third-order valence-corrected chi connectivity index (χ3v) is 2.45. The van der Waals surface area contributed by atoms with Gasteiger partial charge in [-0.2, -0.15) is 0 Å². The summed E-state index contributed by atoms with van der Waals surface area (Å²) in [6.45, 7) is 1.90. The first-order valence-electron chi connectivity index (χ1n) is 5.75. The Morgan fingerprint density at radius 1 is 1.22 bits per heavy atom. The van der Waals surface area contributed by atoms with Crippen LogP contribution in [0, 0.1) is 0 Å². The molecule has 0 saturated carbocycles. The lowest BCUT2D eigenvalue weighted by Crippen LogP contribution is -2.08. The summed E-state index contributed by atoms with van der Waals surface area (Å²) in [5, 5.41) is 3.78. The molecule has 3 heteroatoms. The number of hydrogen-bond donors (Lipinski definition) is 1. The van der Waals surface area contributed by atoms with Gasteiger partial charge >= 0.3 is 0 Å². The molecule has 3 nitrogen and oxygen atoms in total. The van der Waals surface area contributed by atoms with Crippen LogP contribution in [0.2, 0.25) is 0 Å². The standard InChI is InChI=1S/C15H14N2O/c1-2-3-4-10-15(18)17-14-9-5-8-13-12(14)7-6-11-16-13/h2-11H,1H3,(H,17,18)/b3-2+,10-4-. The topological polar surface area (TPSA) is 42.0 Å². The van der Waals surface area contributed by atoms with Gasteiger partial charge < -0.3 is 5.32 Å². The number of rotatable bonds is 3. The van der Waals surface area contributed by atoms with Crippen LogP contribution < -0.4 is 5.32 Å². The minimum absolute atomic E-state index is 0.149.